The van der Waals surface area contributed by atoms with Gasteiger partial charge < -0.3 is 9.59 Å². The number of aliphatic hydroxyl groups is 1. The maximum atomic E-state index is 9.30. The highest BCUT2D eigenvalue weighted by atomic mass is 16.3. The molecule has 1 N–H and O–H groups in total. The van der Waals surface area contributed by atoms with Crippen LogP contribution in [0.4, 0.5) is 0 Å². The van der Waals surface area contributed by atoms with Crippen molar-refractivity contribution >= 4 is 0 Å². The molecule has 0 amide bonds. The minimum absolute atomic E-state index is 0.238. The van der Waals surface area contributed by atoms with E-state index < -0.39 is 0 Å². The van der Waals surface area contributed by atoms with Crippen molar-refractivity contribution in [3.05, 3.63) is 12.7 Å². The zero-order chi connectivity index (χ0) is 8.20. The Morgan fingerprint density at radius 3 is 2.30 bits per heavy atom. The number of aliphatic hydroxyl groups excluding tert-OH is 1. The predicted molar refractivity (Wildman–Crippen MR) is 43.7 cm³/mol. The van der Waals surface area contributed by atoms with Crippen LogP contribution in [0.5, 0.6) is 0 Å². The standard InChI is InChI=1S/C8H18NO/c1-5-6-8(10)7-9(2,3)4/h5,8,10H,1,6-7H2,2-4H3/q+1/t8-/m1/s1. The summed E-state index contributed by atoms with van der Waals surface area (Å²) in [6.07, 6.45) is 2.20. The summed E-state index contributed by atoms with van der Waals surface area (Å²) < 4.78 is 0.801. The Hall–Kier alpha value is -0.340. The number of rotatable bonds is 4. The lowest BCUT2D eigenvalue weighted by Crippen LogP contribution is -2.41. The Balaban J connectivity index is 3.56. The van der Waals surface area contributed by atoms with Gasteiger partial charge in [-0.1, -0.05) is 6.08 Å². The fourth-order valence-corrected chi connectivity index (χ4v) is 0.899. The summed E-state index contributed by atoms with van der Waals surface area (Å²) in [6, 6.07) is 0. The minimum Gasteiger partial charge on any atom is -0.387 e. The lowest BCUT2D eigenvalue weighted by molar-refractivity contribution is -0.873. The van der Waals surface area contributed by atoms with E-state index in [0.29, 0.717) is 6.42 Å². The van der Waals surface area contributed by atoms with Crippen molar-refractivity contribution in [3.8, 4) is 0 Å². The van der Waals surface area contributed by atoms with Crippen LogP contribution in [0.25, 0.3) is 0 Å². The molecule has 0 rings (SSSR count). The van der Waals surface area contributed by atoms with Crippen LogP contribution in [-0.4, -0.2) is 43.4 Å². The fraction of sp³-hybridized carbons (Fsp3) is 0.750. The number of nitrogens with zero attached hydrogens (tertiary/aromatic N) is 1. The van der Waals surface area contributed by atoms with Crippen molar-refractivity contribution in [1.82, 2.24) is 0 Å². The van der Waals surface area contributed by atoms with Crippen LogP contribution in [0.1, 0.15) is 6.42 Å². The first-order chi connectivity index (χ1) is 4.45. The molecule has 0 spiro atoms. The number of hydrogen-bond donors (Lipinski definition) is 1. The molecule has 10 heavy (non-hydrogen) atoms. The van der Waals surface area contributed by atoms with Crippen molar-refractivity contribution in [2.24, 2.45) is 0 Å². The maximum Gasteiger partial charge on any atom is 0.106 e. The minimum atomic E-state index is -0.238. The molecule has 0 aromatic heterocycles. The molecule has 2 nitrogen and oxygen atoms in total. The van der Waals surface area contributed by atoms with Crippen LogP contribution in [0.15, 0.2) is 12.7 Å². The summed E-state index contributed by atoms with van der Waals surface area (Å²) in [4.78, 5) is 0. The van der Waals surface area contributed by atoms with Gasteiger partial charge in [-0.25, -0.2) is 0 Å². The molecular weight excluding hydrogens is 126 g/mol. The molecule has 0 aromatic rings. The van der Waals surface area contributed by atoms with Gasteiger partial charge in [0, 0.05) is 0 Å². The van der Waals surface area contributed by atoms with Gasteiger partial charge in [0.25, 0.3) is 0 Å². The molecular formula is C8H18NO+. The molecule has 0 heterocycles. The number of hydrogen-bond acceptors (Lipinski definition) is 1. The lowest BCUT2D eigenvalue weighted by atomic mass is 10.2. The Bertz CT molecular complexity index is 104. The van der Waals surface area contributed by atoms with Gasteiger partial charge in [-0.2, -0.15) is 0 Å². The third-order valence-corrected chi connectivity index (χ3v) is 1.20. The normalized spacial score (nSPS) is 14.8. The first-order valence-corrected chi connectivity index (χ1v) is 3.55. The van der Waals surface area contributed by atoms with E-state index in [1.807, 2.05) is 0 Å². The molecule has 2 heteroatoms. The second kappa shape index (κ2) is 3.74. The van der Waals surface area contributed by atoms with Crippen LogP contribution < -0.4 is 0 Å². The van der Waals surface area contributed by atoms with E-state index in [1.165, 1.54) is 0 Å². The summed E-state index contributed by atoms with van der Waals surface area (Å²) in [6.45, 7) is 4.35. The van der Waals surface area contributed by atoms with E-state index in [0.717, 1.165) is 11.0 Å². The number of quaternary nitrogens is 1. The predicted octanol–water partition coefficient (Wildman–Crippen LogP) is 0.630. The smallest absolute Gasteiger partial charge is 0.106 e. The van der Waals surface area contributed by atoms with E-state index in [-0.39, 0.29) is 6.10 Å². The van der Waals surface area contributed by atoms with Gasteiger partial charge in [-0.05, 0) is 6.42 Å². The van der Waals surface area contributed by atoms with Crippen LogP contribution in [0, 0.1) is 0 Å². The van der Waals surface area contributed by atoms with Gasteiger partial charge >= 0.3 is 0 Å². The summed E-state index contributed by atoms with van der Waals surface area (Å²) in [7, 11) is 6.19. The number of likely N-dealkylation sites (N-methyl/N-ethyl adjacent to an activating group) is 1. The quantitative estimate of drug-likeness (QED) is 0.453. The van der Waals surface area contributed by atoms with Gasteiger partial charge in [-0.3, -0.25) is 0 Å². The van der Waals surface area contributed by atoms with E-state index in [2.05, 4.69) is 27.7 Å². The Morgan fingerprint density at radius 1 is 1.50 bits per heavy atom. The summed E-state index contributed by atoms with van der Waals surface area (Å²) in [5.41, 5.74) is 0. The molecule has 0 saturated carbocycles. The van der Waals surface area contributed by atoms with Crippen LogP contribution in [0.3, 0.4) is 0 Å². The SMILES string of the molecule is C=CC[C@@H](O)C[N+](C)(C)C. The molecule has 0 aliphatic rings. The van der Waals surface area contributed by atoms with Crippen LogP contribution >= 0.6 is 0 Å². The van der Waals surface area contributed by atoms with E-state index in [4.69, 9.17) is 0 Å². The van der Waals surface area contributed by atoms with Crippen molar-refractivity contribution in [3.63, 3.8) is 0 Å². The monoisotopic (exact) mass is 144 g/mol. The highest BCUT2D eigenvalue weighted by Gasteiger charge is 2.12. The van der Waals surface area contributed by atoms with E-state index in [1.54, 1.807) is 6.08 Å². The molecule has 0 radical (unpaired) electrons. The topological polar surface area (TPSA) is 20.2 Å². The van der Waals surface area contributed by atoms with Gasteiger partial charge in [0.15, 0.2) is 0 Å². The van der Waals surface area contributed by atoms with Crippen molar-refractivity contribution in [1.29, 1.82) is 0 Å². The first-order valence-electron chi connectivity index (χ1n) is 3.55. The molecule has 0 saturated heterocycles. The Kier molecular flexibility index (Phi) is 3.61. The molecule has 0 aliphatic carbocycles. The second-order valence-corrected chi connectivity index (χ2v) is 3.65. The first kappa shape index (κ1) is 9.66. The zero-order valence-corrected chi connectivity index (χ0v) is 7.17. The molecule has 0 fully saturated rings. The van der Waals surface area contributed by atoms with Gasteiger partial charge in [0.2, 0.25) is 0 Å². The molecule has 0 unspecified atom stereocenters. The average molecular weight is 144 g/mol. The van der Waals surface area contributed by atoms with Crippen molar-refractivity contribution in [2.75, 3.05) is 27.7 Å². The van der Waals surface area contributed by atoms with Gasteiger partial charge in [-0.15, -0.1) is 6.58 Å². The van der Waals surface area contributed by atoms with E-state index >= 15 is 0 Å². The molecule has 60 valence electrons. The molecule has 0 bridgehead atoms. The summed E-state index contributed by atoms with van der Waals surface area (Å²) >= 11 is 0. The zero-order valence-electron chi connectivity index (χ0n) is 7.17. The van der Waals surface area contributed by atoms with E-state index in [9.17, 15) is 5.11 Å². The van der Waals surface area contributed by atoms with Crippen LogP contribution in [-0.2, 0) is 0 Å². The molecule has 0 aliphatic heterocycles. The highest BCUT2D eigenvalue weighted by Crippen LogP contribution is 1.98. The maximum absolute atomic E-state index is 9.30. The second-order valence-electron chi connectivity index (χ2n) is 3.65. The molecule has 0 aromatic carbocycles. The third kappa shape index (κ3) is 5.79. The van der Waals surface area contributed by atoms with Gasteiger partial charge in [0.1, 0.15) is 12.6 Å². The van der Waals surface area contributed by atoms with Crippen LogP contribution in [0.2, 0.25) is 0 Å². The van der Waals surface area contributed by atoms with Crippen molar-refractivity contribution < 1.29 is 9.59 Å². The molecule has 1 atom stereocenters. The Morgan fingerprint density at radius 2 is 2.00 bits per heavy atom. The highest BCUT2D eigenvalue weighted by molar-refractivity contribution is 4.71. The third-order valence-electron chi connectivity index (χ3n) is 1.20. The summed E-state index contributed by atoms with van der Waals surface area (Å²) in [5.74, 6) is 0. The van der Waals surface area contributed by atoms with Crippen molar-refractivity contribution in [2.45, 2.75) is 12.5 Å². The largest absolute Gasteiger partial charge is 0.387 e. The lowest BCUT2D eigenvalue weighted by Gasteiger charge is -2.26. The van der Waals surface area contributed by atoms with Gasteiger partial charge in [0.05, 0.1) is 21.1 Å². The summed E-state index contributed by atoms with van der Waals surface area (Å²) in [5, 5.41) is 9.30. The Labute approximate surface area is 63.4 Å². The average Bonchev–Trinajstić information content (AvgIpc) is 1.59. The fourth-order valence-electron chi connectivity index (χ4n) is 0.899.